The SMILES string of the molecule is O=[N+]([O-])c1ccc(Nc2nc(Cl)nc(NC3CCCCC3)n2)cc1. The fourth-order valence-corrected chi connectivity index (χ4v) is 2.86. The summed E-state index contributed by atoms with van der Waals surface area (Å²) in [5, 5.41) is 17.0. The Morgan fingerprint density at radius 3 is 2.38 bits per heavy atom. The van der Waals surface area contributed by atoms with Gasteiger partial charge >= 0.3 is 0 Å². The zero-order chi connectivity index (χ0) is 16.9. The van der Waals surface area contributed by atoms with E-state index in [1.807, 2.05) is 0 Å². The van der Waals surface area contributed by atoms with Crippen LogP contribution >= 0.6 is 11.6 Å². The largest absolute Gasteiger partial charge is 0.351 e. The van der Waals surface area contributed by atoms with Crippen molar-refractivity contribution >= 4 is 34.9 Å². The van der Waals surface area contributed by atoms with E-state index < -0.39 is 4.92 Å². The molecule has 9 heteroatoms. The fraction of sp³-hybridized carbons (Fsp3) is 0.400. The number of aromatic nitrogens is 3. The summed E-state index contributed by atoms with van der Waals surface area (Å²) in [6, 6.07) is 6.34. The minimum Gasteiger partial charge on any atom is -0.351 e. The van der Waals surface area contributed by atoms with Crippen LogP contribution in [0.5, 0.6) is 0 Å². The van der Waals surface area contributed by atoms with E-state index in [-0.39, 0.29) is 11.0 Å². The molecular weight excluding hydrogens is 332 g/mol. The van der Waals surface area contributed by atoms with Crippen molar-refractivity contribution in [3.05, 3.63) is 39.7 Å². The summed E-state index contributed by atoms with van der Waals surface area (Å²) >= 11 is 5.97. The lowest BCUT2D eigenvalue weighted by atomic mass is 9.96. The Balaban J connectivity index is 1.71. The number of non-ortho nitro benzene ring substituents is 1. The molecular formula is C15H17ClN6O2. The Morgan fingerprint density at radius 2 is 1.71 bits per heavy atom. The van der Waals surface area contributed by atoms with Crippen LogP contribution in [0.4, 0.5) is 23.3 Å². The van der Waals surface area contributed by atoms with Crippen LogP contribution in [0.15, 0.2) is 24.3 Å². The molecule has 0 radical (unpaired) electrons. The molecule has 24 heavy (non-hydrogen) atoms. The normalized spacial score (nSPS) is 15.0. The second kappa shape index (κ2) is 7.39. The minimum absolute atomic E-state index is 0.0221. The molecule has 3 rings (SSSR count). The number of benzene rings is 1. The van der Waals surface area contributed by atoms with Gasteiger partial charge in [-0.3, -0.25) is 10.1 Å². The fourth-order valence-electron chi connectivity index (χ4n) is 2.70. The molecule has 0 amide bonds. The Labute approximate surface area is 143 Å². The molecule has 1 aromatic heterocycles. The predicted octanol–water partition coefficient (Wildman–Crippen LogP) is 3.92. The van der Waals surface area contributed by atoms with Gasteiger partial charge in [-0.15, -0.1) is 0 Å². The maximum Gasteiger partial charge on any atom is 0.269 e. The lowest BCUT2D eigenvalue weighted by Crippen LogP contribution is -2.23. The average molecular weight is 349 g/mol. The molecule has 1 heterocycles. The van der Waals surface area contributed by atoms with Gasteiger partial charge in [0.1, 0.15) is 0 Å². The quantitative estimate of drug-likeness (QED) is 0.623. The van der Waals surface area contributed by atoms with Gasteiger partial charge in [0.25, 0.3) is 5.69 Å². The second-order valence-corrected chi connectivity index (χ2v) is 6.00. The van der Waals surface area contributed by atoms with E-state index in [4.69, 9.17) is 11.6 Å². The number of rotatable bonds is 5. The topological polar surface area (TPSA) is 106 Å². The molecule has 2 N–H and O–H groups in total. The molecule has 0 unspecified atom stereocenters. The Morgan fingerprint density at radius 1 is 1.04 bits per heavy atom. The summed E-state index contributed by atoms with van der Waals surface area (Å²) < 4.78 is 0. The van der Waals surface area contributed by atoms with E-state index in [1.165, 1.54) is 31.4 Å². The van der Waals surface area contributed by atoms with Crippen molar-refractivity contribution in [1.82, 2.24) is 15.0 Å². The molecule has 0 bridgehead atoms. The highest BCUT2D eigenvalue weighted by Gasteiger charge is 2.15. The van der Waals surface area contributed by atoms with Gasteiger partial charge in [-0.1, -0.05) is 19.3 Å². The van der Waals surface area contributed by atoms with E-state index in [9.17, 15) is 10.1 Å². The maximum absolute atomic E-state index is 10.7. The number of nitro groups is 1. The molecule has 0 atom stereocenters. The van der Waals surface area contributed by atoms with Crippen molar-refractivity contribution in [2.45, 2.75) is 38.1 Å². The first-order valence-electron chi connectivity index (χ1n) is 7.80. The van der Waals surface area contributed by atoms with E-state index in [0.717, 1.165) is 12.8 Å². The second-order valence-electron chi connectivity index (χ2n) is 5.66. The number of anilines is 3. The summed E-state index contributed by atoms with van der Waals surface area (Å²) in [6.45, 7) is 0. The molecule has 1 aromatic carbocycles. The van der Waals surface area contributed by atoms with Crippen LogP contribution in [0.25, 0.3) is 0 Å². The highest BCUT2D eigenvalue weighted by atomic mass is 35.5. The van der Waals surface area contributed by atoms with Crippen molar-refractivity contribution in [3.8, 4) is 0 Å². The molecule has 1 fully saturated rings. The monoisotopic (exact) mass is 348 g/mol. The van der Waals surface area contributed by atoms with Crippen LogP contribution < -0.4 is 10.6 Å². The van der Waals surface area contributed by atoms with Gasteiger partial charge in [0.2, 0.25) is 17.2 Å². The van der Waals surface area contributed by atoms with Gasteiger partial charge in [0.05, 0.1) is 4.92 Å². The van der Waals surface area contributed by atoms with Gasteiger partial charge in [-0.25, -0.2) is 0 Å². The highest BCUT2D eigenvalue weighted by Crippen LogP contribution is 2.22. The molecule has 1 aliphatic carbocycles. The van der Waals surface area contributed by atoms with Gasteiger partial charge < -0.3 is 10.6 Å². The zero-order valence-corrected chi connectivity index (χ0v) is 13.7. The van der Waals surface area contributed by atoms with Crippen molar-refractivity contribution in [3.63, 3.8) is 0 Å². The van der Waals surface area contributed by atoms with Crippen LogP contribution in [0.2, 0.25) is 5.28 Å². The molecule has 2 aromatic rings. The minimum atomic E-state index is -0.449. The van der Waals surface area contributed by atoms with Gasteiger partial charge in [0.15, 0.2) is 0 Å². The Hall–Kier alpha value is -2.48. The third-order valence-corrected chi connectivity index (χ3v) is 4.05. The third-order valence-electron chi connectivity index (χ3n) is 3.88. The van der Waals surface area contributed by atoms with E-state index in [0.29, 0.717) is 23.6 Å². The Bertz CT molecular complexity index is 718. The molecule has 0 saturated heterocycles. The van der Waals surface area contributed by atoms with Crippen molar-refractivity contribution in [2.24, 2.45) is 0 Å². The number of hydrogen-bond donors (Lipinski definition) is 2. The molecule has 1 saturated carbocycles. The predicted molar refractivity (Wildman–Crippen MR) is 91.7 cm³/mol. The molecule has 126 valence electrons. The number of nitrogens with zero attached hydrogens (tertiary/aromatic N) is 4. The van der Waals surface area contributed by atoms with Crippen LogP contribution in [0, 0.1) is 10.1 Å². The average Bonchev–Trinajstić information content (AvgIpc) is 2.55. The number of hydrogen-bond acceptors (Lipinski definition) is 7. The van der Waals surface area contributed by atoms with Crippen LogP contribution in [-0.4, -0.2) is 25.9 Å². The van der Waals surface area contributed by atoms with Crippen molar-refractivity contribution < 1.29 is 4.92 Å². The number of nitro benzene ring substituents is 1. The van der Waals surface area contributed by atoms with Crippen LogP contribution in [0.1, 0.15) is 32.1 Å². The standard InChI is InChI=1S/C15H17ClN6O2/c16-13-19-14(17-10-4-2-1-3-5-10)21-15(20-13)18-11-6-8-12(9-7-11)22(23)24/h6-10H,1-5H2,(H2,17,18,19,20,21). The van der Waals surface area contributed by atoms with Crippen molar-refractivity contribution in [1.29, 1.82) is 0 Å². The summed E-state index contributed by atoms with van der Waals surface area (Å²) in [6.07, 6.45) is 5.85. The first-order valence-corrected chi connectivity index (χ1v) is 8.17. The van der Waals surface area contributed by atoms with Gasteiger partial charge in [0, 0.05) is 23.9 Å². The summed E-state index contributed by atoms with van der Waals surface area (Å²) in [4.78, 5) is 22.7. The Kier molecular flexibility index (Phi) is 5.05. The third kappa shape index (κ3) is 4.29. The number of nitrogens with one attached hydrogen (secondary N) is 2. The van der Waals surface area contributed by atoms with E-state index >= 15 is 0 Å². The van der Waals surface area contributed by atoms with E-state index in [1.54, 1.807) is 12.1 Å². The van der Waals surface area contributed by atoms with Crippen LogP contribution in [0.3, 0.4) is 0 Å². The molecule has 0 aliphatic heterocycles. The summed E-state index contributed by atoms with van der Waals surface area (Å²) in [5.74, 6) is 0.730. The lowest BCUT2D eigenvalue weighted by molar-refractivity contribution is -0.384. The number of halogens is 1. The molecule has 8 nitrogen and oxygen atoms in total. The van der Waals surface area contributed by atoms with Crippen molar-refractivity contribution in [2.75, 3.05) is 10.6 Å². The summed E-state index contributed by atoms with van der Waals surface area (Å²) in [5.41, 5.74) is 0.653. The van der Waals surface area contributed by atoms with E-state index in [2.05, 4.69) is 25.6 Å². The van der Waals surface area contributed by atoms with Gasteiger partial charge in [-0.2, -0.15) is 15.0 Å². The first kappa shape index (κ1) is 16.4. The maximum atomic E-state index is 10.7. The first-order chi connectivity index (χ1) is 11.6. The summed E-state index contributed by atoms with van der Waals surface area (Å²) in [7, 11) is 0. The highest BCUT2D eigenvalue weighted by molar-refractivity contribution is 6.28. The molecule has 1 aliphatic rings. The van der Waals surface area contributed by atoms with Crippen LogP contribution in [-0.2, 0) is 0 Å². The van der Waals surface area contributed by atoms with Gasteiger partial charge in [-0.05, 0) is 36.6 Å². The molecule has 0 spiro atoms. The lowest BCUT2D eigenvalue weighted by Gasteiger charge is -2.22. The zero-order valence-electron chi connectivity index (χ0n) is 12.9. The smallest absolute Gasteiger partial charge is 0.269 e.